The Hall–Kier alpha value is -1.51. The van der Waals surface area contributed by atoms with Crippen LogP contribution < -0.4 is 4.74 Å². The van der Waals surface area contributed by atoms with Crippen molar-refractivity contribution in [2.24, 2.45) is 0 Å². The Morgan fingerprint density at radius 3 is 2.40 bits per heavy atom. The van der Waals surface area contributed by atoms with E-state index in [-0.39, 0.29) is 11.9 Å². The zero-order valence-electron chi connectivity index (χ0n) is 13.2. The van der Waals surface area contributed by atoms with E-state index in [0.717, 1.165) is 25.2 Å². The zero-order chi connectivity index (χ0) is 15.0. The van der Waals surface area contributed by atoms with Gasteiger partial charge in [-0.2, -0.15) is 0 Å². The van der Waals surface area contributed by atoms with E-state index in [9.17, 15) is 4.79 Å². The van der Waals surface area contributed by atoms with Crippen LogP contribution in [-0.2, 0) is 0 Å². The lowest BCUT2D eigenvalue weighted by Gasteiger charge is -2.23. The summed E-state index contributed by atoms with van der Waals surface area (Å²) < 4.78 is 5.65. The molecule has 112 valence electrons. The smallest absolute Gasteiger partial charge is 0.253 e. The van der Waals surface area contributed by atoms with Gasteiger partial charge in [-0.25, -0.2) is 0 Å². The highest BCUT2D eigenvalue weighted by atomic mass is 16.5. The van der Waals surface area contributed by atoms with E-state index < -0.39 is 0 Å². The Bertz CT molecular complexity index is 400. The number of carbonyl (C=O) groups is 1. The van der Waals surface area contributed by atoms with Crippen LogP contribution in [0.25, 0.3) is 0 Å². The Balaban J connectivity index is 2.55. The third kappa shape index (κ3) is 4.87. The molecule has 1 aromatic rings. The quantitative estimate of drug-likeness (QED) is 0.669. The van der Waals surface area contributed by atoms with Crippen LogP contribution >= 0.6 is 0 Å². The molecule has 1 aromatic carbocycles. The average molecular weight is 277 g/mol. The van der Waals surface area contributed by atoms with Crippen LogP contribution in [0.5, 0.6) is 5.75 Å². The summed E-state index contributed by atoms with van der Waals surface area (Å²) in [5.41, 5.74) is 0.716. The van der Waals surface area contributed by atoms with Gasteiger partial charge in [0.2, 0.25) is 0 Å². The first-order valence-corrected chi connectivity index (χ1v) is 7.60. The molecule has 1 atom stereocenters. The molecular formula is C17H27NO2. The van der Waals surface area contributed by atoms with Crippen molar-refractivity contribution in [3.05, 3.63) is 29.8 Å². The normalized spacial score (nSPS) is 12.0. The molecule has 0 fully saturated rings. The fourth-order valence-electron chi connectivity index (χ4n) is 1.91. The lowest BCUT2D eigenvalue weighted by molar-refractivity contribution is 0.0740. The van der Waals surface area contributed by atoms with Crippen LogP contribution in [0.15, 0.2) is 24.3 Å². The molecule has 0 bridgehead atoms. The van der Waals surface area contributed by atoms with E-state index in [1.165, 1.54) is 12.8 Å². The highest BCUT2D eigenvalue weighted by Crippen LogP contribution is 2.15. The van der Waals surface area contributed by atoms with Crippen molar-refractivity contribution in [1.82, 2.24) is 4.90 Å². The van der Waals surface area contributed by atoms with E-state index in [4.69, 9.17) is 4.74 Å². The minimum absolute atomic E-state index is 0.0666. The third-order valence-electron chi connectivity index (χ3n) is 3.69. The van der Waals surface area contributed by atoms with Gasteiger partial charge in [-0.15, -0.1) is 0 Å². The molecule has 20 heavy (non-hydrogen) atoms. The van der Waals surface area contributed by atoms with Crippen molar-refractivity contribution in [2.45, 2.75) is 52.5 Å². The van der Waals surface area contributed by atoms with Crippen molar-refractivity contribution in [3.63, 3.8) is 0 Å². The number of hydrogen-bond donors (Lipinski definition) is 0. The standard InChI is InChI=1S/C17H27NO2/c1-5-7-8-13-20-16-11-9-15(10-12-16)17(19)18(4)14(3)6-2/h9-12,14H,5-8,13H2,1-4H3. The van der Waals surface area contributed by atoms with Crippen molar-refractivity contribution in [2.75, 3.05) is 13.7 Å². The zero-order valence-corrected chi connectivity index (χ0v) is 13.2. The fourth-order valence-corrected chi connectivity index (χ4v) is 1.91. The summed E-state index contributed by atoms with van der Waals surface area (Å²) in [5.74, 6) is 0.903. The SMILES string of the molecule is CCCCCOc1ccc(C(=O)N(C)C(C)CC)cc1. The highest BCUT2D eigenvalue weighted by molar-refractivity contribution is 5.94. The van der Waals surface area contributed by atoms with Gasteiger partial charge < -0.3 is 9.64 Å². The second kappa shape index (κ2) is 8.62. The molecule has 0 aliphatic carbocycles. The molecule has 0 radical (unpaired) electrons. The Labute approximate surface area is 122 Å². The molecule has 0 aliphatic heterocycles. The van der Waals surface area contributed by atoms with Gasteiger partial charge in [0.1, 0.15) is 5.75 Å². The maximum absolute atomic E-state index is 12.2. The molecule has 1 amide bonds. The number of hydrogen-bond acceptors (Lipinski definition) is 2. The predicted octanol–water partition coefficient (Wildman–Crippen LogP) is 4.13. The van der Waals surface area contributed by atoms with Gasteiger partial charge >= 0.3 is 0 Å². The maximum atomic E-state index is 12.2. The highest BCUT2D eigenvalue weighted by Gasteiger charge is 2.15. The summed E-state index contributed by atoms with van der Waals surface area (Å²) in [6.07, 6.45) is 4.42. The van der Waals surface area contributed by atoms with Crippen LogP contribution in [-0.4, -0.2) is 30.5 Å². The maximum Gasteiger partial charge on any atom is 0.253 e. The molecule has 1 rings (SSSR count). The molecule has 1 unspecified atom stereocenters. The minimum Gasteiger partial charge on any atom is -0.494 e. The van der Waals surface area contributed by atoms with Gasteiger partial charge in [0.25, 0.3) is 5.91 Å². The van der Waals surface area contributed by atoms with E-state index in [2.05, 4.69) is 20.8 Å². The molecule has 3 heteroatoms. The summed E-state index contributed by atoms with van der Waals surface area (Å²) >= 11 is 0. The van der Waals surface area contributed by atoms with Crippen LogP contribution in [0.4, 0.5) is 0 Å². The van der Waals surface area contributed by atoms with Crippen molar-refractivity contribution < 1.29 is 9.53 Å². The summed E-state index contributed by atoms with van der Waals surface area (Å²) in [4.78, 5) is 14.0. The minimum atomic E-state index is 0.0666. The predicted molar refractivity (Wildman–Crippen MR) is 83.3 cm³/mol. The molecule has 0 heterocycles. The van der Waals surface area contributed by atoms with Crippen LogP contribution in [0.1, 0.15) is 56.8 Å². The number of carbonyl (C=O) groups excluding carboxylic acids is 1. The summed E-state index contributed by atoms with van der Waals surface area (Å²) in [5, 5.41) is 0. The van der Waals surface area contributed by atoms with Gasteiger partial charge in [0.05, 0.1) is 6.61 Å². The first-order chi connectivity index (χ1) is 9.60. The lowest BCUT2D eigenvalue weighted by Crippen LogP contribution is -2.34. The number of unbranched alkanes of at least 4 members (excludes halogenated alkanes) is 2. The van der Waals surface area contributed by atoms with Crippen molar-refractivity contribution in [3.8, 4) is 5.75 Å². The van der Waals surface area contributed by atoms with Crippen molar-refractivity contribution >= 4 is 5.91 Å². The van der Waals surface area contributed by atoms with Crippen molar-refractivity contribution in [1.29, 1.82) is 0 Å². The topological polar surface area (TPSA) is 29.5 Å². The molecule has 0 aromatic heterocycles. The Morgan fingerprint density at radius 1 is 1.20 bits per heavy atom. The molecule has 0 N–H and O–H groups in total. The van der Waals surface area contributed by atoms with Gasteiger partial charge in [-0.3, -0.25) is 4.79 Å². The Morgan fingerprint density at radius 2 is 1.85 bits per heavy atom. The molecule has 0 saturated heterocycles. The number of ether oxygens (including phenoxy) is 1. The van der Waals surface area contributed by atoms with Gasteiger partial charge in [-0.05, 0) is 44.0 Å². The van der Waals surface area contributed by atoms with E-state index in [1.807, 2.05) is 31.3 Å². The van der Waals surface area contributed by atoms with E-state index in [1.54, 1.807) is 4.90 Å². The summed E-state index contributed by atoms with van der Waals surface area (Å²) in [6.45, 7) is 7.06. The van der Waals surface area contributed by atoms with Gasteiger partial charge in [-0.1, -0.05) is 26.7 Å². The molecule has 0 aliphatic rings. The largest absolute Gasteiger partial charge is 0.494 e. The van der Waals surface area contributed by atoms with E-state index in [0.29, 0.717) is 5.56 Å². The summed E-state index contributed by atoms with van der Waals surface area (Å²) in [6, 6.07) is 7.70. The molecule has 0 saturated carbocycles. The lowest BCUT2D eigenvalue weighted by atomic mass is 10.1. The Kier molecular flexibility index (Phi) is 7.13. The first kappa shape index (κ1) is 16.5. The van der Waals surface area contributed by atoms with Crippen LogP contribution in [0.2, 0.25) is 0 Å². The van der Waals surface area contributed by atoms with Crippen LogP contribution in [0.3, 0.4) is 0 Å². The third-order valence-corrected chi connectivity index (χ3v) is 3.69. The van der Waals surface area contributed by atoms with Crippen LogP contribution in [0, 0.1) is 0 Å². The first-order valence-electron chi connectivity index (χ1n) is 7.60. The monoisotopic (exact) mass is 277 g/mol. The van der Waals surface area contributed by atoms with Gasteiger partial charge in [0.15, 0.2) is 0 Å². The number of nitrogens with zero attached hydrogens (tertiary/aromatic N) is 1. The fraction of sp³-hybridized carbons (Fsp3) is 0.588. The molecular weight excluding hydrogens is 250 g/mol. The molecule has 0 spiro atoms. The average Bonchev–Trinajstić information content (AvgIpc) is 2.50. The second-order valence-corrected chi connectivity index (χ2v) is 5.25. The number of amides is 1. The van der Waals surface area contributed by atoms with E-state index >= 15 is 0 Å². The number of rotatable bonds is 8. The number of benzene rings is 1. The summed E-state index contributed by atoms with van der Waals surface area (Å²) in [7, 11) is 1.85. The molecule has 3 nitrogen and oxygen atoms in total. The second-order valence-electron chi connectivity index (χ2n) is 5.25. The van der Waals surface area contributed by atoms with Gasteiger partial charge in [0, 0.05) is 18.7 Å².